The molecule has 0 aliphatic rings. The highest BCUT2D eigenvalue weighted by atomic mass is 32.2. The third-order valence-corrected chi connectivity index (χ3v) is 7.35. The summed E-state index contributed by atoms with van der Waals surface area (Å²) < 4.78 is 24.2. The highest BCUT2D eigenvalue weighted by molar-refractivity contribution is 8.00. The Morgan fingerprint density at radius 2 is 1.24 bits per heavy atom. The minimum Gasteiger partial charge on any atom is -0.478 e. The fourth-order valence-corrected chi connectivity index (χ4v) is 4.94. The molecule has 0 aliphatic carbocycles. The lowest BCUT2D eigenvalue weighted by atomic mass is 10.1. The quantitative estimate of drug-likeness (QED) is 0.161. The van der Waals surface area contributed by atoms with Gasteiger partial charge in [0.2, 0.25) is 0 Å². The lowest BCUT2D eigenvalue weighted by Gasteiger charge is -2.14. The monoisotopic (exact) mass is 548 g/mol. The zero-order chi connectivity index (χ0) is 27.2. The third kappa shape index (κ3) is 6.72. The van der Waals surface area contributed by atoms with Crippen molar-refractivity contribution < 1.29 is 28.7 Å². The maximum atomic E-state index is 12.7. The first-order chi connectivity index (χ1) is 18.2. The second kappa shape index (κ2) is 11.8. The highest BCUT2D eigenvalue weighted by Crippen LogP contribution is 2.32. The minimum absolute atomic E-state index is 0.00708. The van der Waals surface area contributed by atoms with Crippen molar-refractivity contribution >= 4 is 46.2 Å². The van der Waals surface area contributed by atoms with E-state index in [-0.39, 0.29) is 28.3 Å². The van der Waals surface area contributed by atoms with E-state index in [1.165, 1.54) is 36.2 Å². The molecule has 194 valence electrons. The summed E-state index contributed by atoms with van der Waals surface area (Å²) in [5, 5.41) is 19.4. The summed E-state index contributed by atoms with van der Waals surface area (Å²) in [6.45, 7) is 3.90. The van der Waals surface area contributed by atoms with Crippen LogP contribution in [0.15, 0.2) is 94.7 Å². The summed E-state index contributed by atoms with van der Waals surface area (Å²) in [5.74, 6) is -1.99. The van der Waals surface area contributed by atoms with Crippen LogP contribution in [0.5, 0.6) is 11.5 Å². The molecule has 0 fully saturated rings. The summed E-state index contributed by atoms with van der Waals surface area (Å²) in [6.07, 6.45) is 0. The molecule has 38 heavy (non-hydrogen) atoms. The van der Waals surface area contributed by atoms with Crippen molar-refractivity contribution in [1.29, 1.82) is 0 Å². The van der Waals surface area contributed by atoms with Crippen LogP contribution in [0.1, 0.15) is 31.8 Å². The van der Waals surface area contributed by atoms with Gasteiger partial charge in [-0.15, -0.1) is 0 Å². The van der Waals surface area contributed by atoms with Crippen LogP contribution >= 0.6 is 11.9 Å². The molecule has 0 bridgehead atoms. The zero-order valence-electron chi connectivity index (χ0n) is 20.4. The molecule has 4 rings (SSSR count). The van der Waals surface area contributed by atoms with Crippen LogP contribution in [0.25, 0.3) is 0 Å². The molecule has 0 aliphatic heterocycles. The van der Waals surface area contributed by atoms with Crippen LogP contribution in [0.3, 0.4) is 0 Å². The van der Waals surface area contributed by atoms with E-state index in [0.717, 1.165) is 16.0 Å². The molecule has 4 aromatic rings. The number of nitrogens with one attached hydrogen (secondary N) is 2. The lowest BCUT2D eigenvalue weighted by molar-refractivity contribution is 0.0687. The molecule has 1 atom stereocenters. The summed E-state index contributed by atoms with van der Waals surface area (Å²) in [4.78, 5) is 25.2. The number of carboxylic acid groups (broad SMARTS) is 2. The van der Waals surface area contributed by atoms with E-state index in [2.05, 4.69) is 9.44 Å². The Morgan fingerprint density at radius 1 is 0.737 bits per heavy atom. The van der Waals surface area contributed by atoms with Gasteiger partial charge in [-0.25, -0.2) is 13.8 Å². The number of benzene rings is 4. The van der Waals surface area contributed by atoms with Gasteiger partial charge in [0.05, 0.1) is 27.4 Å². The first-order valence-corrected chi connectivity index (χ1v) is 13.3. The minimum atomic E-state index is -1.67. The first-order valence-electron chi connectivity index (χ1n) is 11.4. The molecule has 8 nitrogen and oxygen atoms in total. The van der Waals surface area contributed by atoms with Crippen molar-refractivity contribution in [3.63, 3.8) is 0 Å². The van der Waals surface area contributed by atoms with E-state index >= 15 is 0 Å². The van der Waals surface area contributed by atoms with Gasteiger partial charge in [-0.2, -0.15) is 0 Å². The van der Waals surface area contributed by atoms with Crippen LogP contribution in [-0.4, -0.2) is 26.4 Å². The third-order valence-electron chi connectivity index (χ3n) is 5.42. The van der Waals surface area contributed by atoms with E-state index in [1.807, 2.05) is 50.2 Å². The zero-order valence-corrected chi connectivity index (χ0v) is 22.1. The topological polar surface area (TPSA) is 125 Å². The van der Waals surface area contributed by atoms with Crippen LogP contribution in [0.4, 0.5) is 11.4 Å². The van der Waals surface area contributed by atoms with Crippen molar-refractivity contribution in [3.05, 3.63) is 107 Å². The van der Waals surface area contributed by atoms with Crippen molar-refractivity contribution in [2.24, 2.45) is 0 Å². The number of hydrogen-bond donors (Lipinski definition) is 4. The first kappa shape index (κ1) is 26.8. The number of rotatable bonds is 10. The Balaban J connectivity index is 1.51. The van der Waals surface area contributed by atoms with Gasteiger partial charge < -0.3 is 24.4 Å². The average Bonchev–Trinajstić information content (AvgIpc) is 2.89. The number of aryl methyl sites for hydroxylation is 2. The molecule has 0 amide bonds. The van der Waals surface area contributed by atoms with Crippen molar-refractivity contribution in [2.75, 3.05) is 9.44 Å². The van der Waals surface area contributed by atoms with Crippen LogP contribution in [0, 0.1) is 13.8 Å². The van der Waals surface area contributed by atoms with Crippen LogP contribution in [0.2, 0.25) is 0 Å². The van der Waals surface area contributed by atoms with Gasteiger partial charge >= 0.3 is 11.9 Å². The van der Waals surface area contributed by atoms with Gasteiger partial charge in [0.15, 0.2) is 0 Å². The average molecular weight is 549 g/mol. The van der Waals surface area contributed by atoms with E-state index in [4.69, 9.17) is 4.74 Å². The second-order valence-corrected chi connectivity index (χ2v) is 10.4. The predicted octanol–water partition coefficient (Wildman–Crippen LogP) is 6.75. The standard InChI is InChI=1S/C28H24N2O6S2/c1-17-3-9-21(10-4-17)37-29-25-13-7-19(15-23(25)27(31)32)36-20-8-14-26(24(16-20)28(33)34)30-38(35)22-11-5-18(2)6-12-22/h3-16,29-30H,1-2H3,(H,31,32)(H,33,34). The van der Waals surface area contributed by atoms with Gasteiger partial charge in [-0.3, -0.25) is 0 Å². The SMILES string of the molecule is Cc1ccc(SNc2ccc(Oc3ccc(NS(=O)c4ccc(C)cc4)c(C(=O)O)c3)cc2C(=O)O)cc1. The number of ether oxygens (including phenoxy) is 1. The Morgan fingerprint density at radius 3 is 1.79 bits per heavy atom. The maximum Gasteiger partial charge on any atom is 0.337 e. The molecular weight excluding hydrogens is 524 g/mol. The highest BCUT2D eigenvalue weighted by Gasteiger charge is 2.16. The number of anilines is 2. The summed E-state index contributed by atoms with van der Waals surface area (Å²) in [6, 6.07) is 23.6. The van der Waals surface area contributed by atoms with Gasteiger partial charge in [0, 0.05) is 4.90 Å². The smallest absolute Gasteiger partial charge is 0.337 e. The largest absolute Gasteiger partial charge is 0.478 e. The molecule has 0 radical (unpaired) electrons. The molecule has 0 saturated heterocycles. The van der Waals surface area contributed by atoms with Crippen LogP contribution < -0.4 is 14.2 Å². The van der Waals surface area contributed by atoms with Crippen molar-refractivity contribution in [1.82, 2.24) is 0 Å². The fraction of sp³-hybridized carbons (Fsp3) is 0.0714. The van der Waals surface area contributed by atoms with E-state index in [9.17, 15) is 24.0 Å². The summed E-state index contributed by atoms with van der Waals surface area (Å²) in [7, 11) is -1.67. The molecule has 0 aromatic heterocycles. The van der Waals surface area contributed by atoms with Crippen molar-refractivity contribution in [3.8, 4) is 11.5 Å². The number of hydrogen-bond acceptors (Lipinski definition) is 6. The Hall–Kier alpha value is -4.28. The lowest BCUT2D eigenvalue weighted by Crippen LogP contribution is -2.09. The predicted molar refractivity (Wildman–Crippen MR) is 149 cm³/mol. The van der Waals surface area contributed by atoms with Crippen molar-refractivity contribution in [2.45, 2.75) is 23.6 Å². The summed E-state index contributed by atoms with van der Waals surface area (Å²) in [5.41, 5.74) is 2.53. The van der Waals surface area contributed by atoms with E-state index in [0.29, 0.717) is 10.6 Å². The Bertz CT molecular complexity index is 1510. The number of carbonyl (C=O) groups is 2. The second-order valence-electron chi connectivity index (χ2n) is 8.33. The number of carboxylic acids is 2. The Kier molecular flexibility index (Phi) is 8.35. The van der Waals surface area contributed by atoms with E-state index < -0.39 is 22.9 Å². The molecular formula is C28H24N2O6S2. The number of aromatic carboxylic acids is 2. The van der Waals surface area contributed by atoms with Gasteiger partial charge in [-0.05, 0) is 86.5 Å². The Labute approximate surface area is 226 Å². The molecule has 0 saturated carbocycles. The molecule has 0 heterocycles. The molecule has 4 N–H and O–H groups in total. The van der Waals surface area contributed by atoms with Crippen LogP contribution in [-0.2, 0) is 11.0 Å². The van der Waals surface area contributed by atoms with Gasteiger partial charge in [0.1, 0.15) is 22.5 Å². The molecule has 1 unspecified atom stereocenters. The van der Waals surface area contributed by atoms with E-state index in [1.54, 1.807) is 24.3 Å². The normalized spacial score (nSPS) is 11.4. The maximum absolute atomic E-state index is 12.7. The fourth-order valence-electron chi connectivity index (χ4n) is 3.38. The summed E-state index contributed by atoms with van der Waals surface area (Å²) >= 11 is 1.28. The van der Waals surface area contributed by atoms with Gasteiger partial charge in [0.25, 0.3) is 0 Å². The molecule has 4 aromatic carbocycles. The van der Waals surface area contributed by atoms with Gasteiger partial charge in [-0.1, -0.05) is 35.4 Å². The molecule has 0 spiro atoms. The molecule has 10 heteroatoms.